The first-order chi connectivity index (χ1) is 16.7. The SMILES string of the molecule is O=C1NC(=O)N(c2ccc(Br)cc2)C(=O)/C1=C/c1cc(Br)ccc1OCc1cccc([N+](=O)[O-])c1. The zero-order valence-electron chi connectivity index (χ0n) is 17.7. The Morgan fingerprint density at radius 3 is 2.40 bits per heavy atom. The third kappa shape index (κ3) is 5.47. The normalized spacial score (nSPS) is 14.7. The molecular weight excluding hydrogens is 586 g/mol. The van der Waals surface area contributed by atoms with E-state index < -0.39 is 22.8 Å². The van der Waals surface area contributed by atoms with Crippen LogP contribution in [0.5, 0.6) is 5.75 Å². The summed E-state index contributed by atoms with van der Waals surface area (Å²) in [5.41, 5.74) is 0.940. The van der Waals surface area contributed by atoms with Gasteiger partial charge in [-0.05, 0) is 54.1 Å². The van der Waals surface area contributed by atoms with Crippen LogP contribution in [0.2, 0.25) is 0 Å². The second kappa shape index (κ2) is 10.2. The molecule has 0 bridgehead atoms. The van der Waals surface area contributed by atoms with Crippen molar-refractivity contribution in [3.05, 3.63) is 102 Å². The van der Waals surface area contributed by atoms with E-state index in [-0.39, 0.29) is 17.9 Å². The van der Waals surface area contributed by atoms with Crippen molar-refractivity contribution < 1.29 is 24.0 Å². The lowest BCUT2D eigenvalue weighted by atomic mass is 10.1. The van der Waals surface area contributed by atoms with Crippen molar-refractivity contribution in [3.63, 3.8) is 0 Å². The van der Waals surface area contributed by atoms with E-state index in [1.807, 2.05) is 0 Å². The molecule has 4 amide bonds. The summed E-state index contributed by atoms with van der Waals surface area (Å²) < 4.78 is 7.28. The van der Waals surface area contributed by atoms with Gasteiger partial charge in [-0.15, -0.1) is 0 Å². The molecule has 0 aliphatic carbocycles. The van der Waals surface area contributed by atoms with Gasteiger partial charge in [0.2, 0.25) is 0 Å². The van der Waals surface area contributed by atoms with E-state index in [9.17, 15) is 24.5 Å². The minimum atomic E-state index is -0.851. The average Bonchev–Trinajstić information content (AvgIpc) is 2.82. The Kier molecular flexibility index (Phi) is 7.08. The Morgan fingerprint density at radius 2 is 1.69 bits per heavy atom. The molecule has 0 unspecified atom stereocenters. The summed E-state index contributed by atoms with van der Waals surface area (Å²) in [6.07, 6.45) is 1.34. The van der Waals surface area contributed by atoms with Gasteiger partial charge in [-0.2, -0.15) is 0 Å². The molecule has 1 saturated heterocycles. The van der Waals surface area contributed by atoms with Crippen LogP contribution in [-0.2, 0) is 16.2 Å². The Hall–Kier alpha value is -3.83. The van der Waals surface area contributed by atoms with Crippen LogP contribution in [0.15, 0.2) is 81.2 Å². The maximum absolute atomic E-state index is 13.2. The molecule has 0 radical (unpaired) electrons. The molecule has 0 atom stereocenters. The lowest BCUT2D eigenvalue weighted by Gasteiger charge is -2.26. The van der Waals surface area contributed by atoms with Crippen molar-refractivity contribution in [3.8, 4) is 5.75 Å². The summed E-state index contributed by atoms with van der Waals surface area (Å²) in [6, 6.07) is 16.7. The Labute approximate surface area is 215 Å². The number of amides is 4. The van der Waals surface area contributed by atoms with E-state index in [2.05, 4.69) is 37.2 Å². The van der Waals surface area contributed by atoms with Crippen molar-refractivity contribution in [1.82, 2.24) is 5.32 Å². The fourth-order valence-electron chi connectivity index (χ4n) is 3.32. The third-order valence-electron chi connectivity index (χ3n) is 4.97. The number of hydrogen-bond acceptors (Lipinski definition) is 6. The number of halogens is 2. The molecule has 4 rings (SSSR count). The highest BCUT2D eigenvalue weighted by Crippen LogP contribution is 2.29. The molecule has 3 aromatic rings. The molecular formula is C24H15Br2N3O6. The summed E-state index contributed by atoms with van der Waals surface area (Å²) >= 11 is 6.66. The van der Waals surface area contributed by atoms with E-state index >= 15 is 0 Å². The molecule has 1 heterocycles. The summed E-state index contributed by atoms with van der Waals surface area (Å²) in [5, 5.41) is 13.2. The van der Waals surface area contributed by atoms with Crippen molar-refractivity contribution >= 4 is 67.2 Å². The van der Waals surface area contributed by atoms with Gasteiger partial charge in [-0.25, -0.2) is 9.69 Å². The quantitative estimate of drug-likeness (QED) is 0.176. The van der Waals surface area contributed by atoms with Gasteiger partial charge in [0.05, 0.1) is 10.6 Å². The smallest absolute Gasteiger partial charge is 0.335 e. The fourth-order valence-corrected chi connectivity index (χ4v) is 3.97. The number of anilines is 1. The van der Waals surface area contributed by atoms with Gasteiger partial charge >= 0.3 is 6.03 Å². The topological polar surface area (TPSA) is 119 Å². The summed E-state index contributed by atoms with van der Waals surface area (Å²) in [7, 11) is 0. The summed E-state index contributed by atoms with van der Waals surface area (Å²) in [6.45, 7) is 0.0170. The van der Waals surface area contributed by atoms with Gasteiger partial charge in [0.25, 0.3) is 17.5 Å². The number of rotatable bonds is 6. The number of nitrogens with one attached hydrogen (secondary N) is 1. The van der Waals surface area contributed by atoms with Crippen LogP contribution >= 0.6 is 31.9 Å². The maximum Gasteiger partial charge on any atom is 0.335 e. The van der Waals surface area contributed by atoms with Crippen molar-refractivity contribution in [2.24, 2.45) is 0 Å². The molecule has 1 aliphatic rings. The number of carbonyl (C=O) groups is 3. The second-order valence-corrected chi connectivity index (χ2v) is 9.16. The number of benzene rings is 3. The van der Waals surface area contributed by atoms with Crippen LogP contribution in [-0.4, -0.2) is 22.8 Å². The Morgan fingerprint density at radius 1 is 0.971 bits per heavy atom. The summed E-state index contributed by atoms with van der Waals surface area (Å²) in [4.78, 5) is 49.5. The van der Waals surface area contributed by atoms with E-state index in [0.29, 0.717) is 27.0 Å². The van der Waals surface area contributed by atoms with Crippen LogP contribution < -0.4 is 15.0 Å². The van der Waals surface area contributed by atoms with Gasteiger partial charge in [0, 0.05) is 26.6 Å². The lowest BCUT2D eigenvalue weighted by molar-refractivity contribution is -0.384. The predicted octanol–water partition coefficient (Wildman–Crippen LogP) is 5.37. The van der Waals surface area contributed by atoms with Crippen molar-refractivity contribution in [2.45, 2.75) is 6.61 Å². The zero-order chi connectivity index (χ0) is 25.1. The molecule has 0 spiro atoms. The average molecular weight is 601 g/mol. The molecule has 11 heteroatoms. The van der Waals surface area contributed by atoms with Crippen LogP contribution in [0, 0.1) is 10.1 Å². The van der Waals surface area contributed by atoms with Crippen molar-refractivity contribution in [1.29, 1.82) is 0 Å². The van der Waals surface area contributed by atoms with Gasteiger partial charge in [0.15, 0.2) is 0 Å². The van der Waals surface area contributed by atoms with E-state index in [1.54, 1.807) is 54.6 Å². The number of urea groups is 1. The van der Waals surface area contributed by atoms with Gasteiger partial charge in [-0.3, -0.25) is 25.0 Å². The van der Waals surface area contributed by atoms with E-state index in [1.165, 1.54) is 18.2 Å². The second-order valence-electron chi connectivity index (χ2n) is 7.33. The highest BCUT2D eigenvalue weighted by molar-refractivity contribution is 9.10. The number of nitro benzene ring substituents is 1. The first-order valence-electron chi connectivity index (χ1n) is 10.1. The number of imide groups is 2. The maximum atomic E-state index is 13.2. The Balaban J connectivity index is 1.65. The molecule has 176 valence electrons. The minimum Gasteiger partial charge on any atom is -0.488 e. The largest absolute Gasteiger partial charge is 0.488 e. The molecule has 1 aliphatic heterocycles. The molecule has 9 nitrogen and oxygen atoms in total. The van der Waals surface area contributed by atoms with E-state index in [4.69, 9.17) is 4.74 Å². The van der Waals surface area contributed by atoms with Crippen LogP contribution in [0.1, 0.15) is 11.1 Å². The minimum absolute atomic E-state index is 0.0170. The number of non-ortho nitro benzene ring substituents is 1. The number of hydrogen-bond donors (Lipinski definition) is 1. The van der Waals surface area contributed by atoms with Crippen LogP contribution in [0.25, 0.3) is 6.08 Å². The van der Waals surface area contributed by atoms with Gasteiger partial charge in [-0.1, -0.05) is 44.0 Å². The molecule has 0 aromatic heterocycles. The third-order valence-corrected chi connectivity index (χ3v) is 6.00. The van der Waals surface area contributed by atoms with Gasteiger partial charge in [0.1, 0.15) is 17.9 Å². The standard InChI is InChI=1S/C24H15Br2N3O6/c25-16-4-7-18(8-5-16)28-23(31)20(22(30)27-24(28)32)12-15-11-17(26)6-9-21(15)35-13-14-2-1-3-19(10-14)29(33)34/h1-12H,13H2,(H,27,30,32)/b20-12+. The predicted molar refractivity (Wildman–Crippen MR) is 135 cm³/mol. The fraction of sp³-hybridized carbons (Fsp3) is 0.0417. The first-order valence-corrected chi connectivity index (χ1v) is 11.6. The molecule has 35 heavy (non-hydrogen) atoms. The monoisotopic (exact) mass is 599 g/mol. The van der Waals surface area contributed by atoms with Crippen molar-refractivity contribution in [2.75, 3.05) is 4.90 Å². The lowest BCUT2D eigenvalue weighted by Crippen LogP contribution is -2.54. The Bertz CT molecular complexity index is 1390. The molecule has 3 aromatic carbocycles. The van der Waals surface area contributed by atoms with E-state index in [0.717, 1.165) is 9.37 Å². The molecule has 0 saturated carbocycles. The zero-order valence-corrected chi connectivity index (χ0v) is 20.9. The highest BCUT2D eigenvalue weighted by Gasteiger charge is 2.37. The van der Waals surface area contributed by atoms with Crippen LogP contribution in [0.4, 0.5) is 16.2 Å². The number of nitro groups is 1. The number of ether oxygens (including phenoxy) is 1. The number of nitrogens with zero attached hydrogens (tertiary/aromatic N) is 2. The molecule has 1 N–H and O–H groups in total. The number of barbiturate groups is 1. The highest BCUT2D eigenvalue weighted by atomic mass is 79.9. The summed E-state index contributed by atoms with van der Waals surface area (Å²) in [5.74, 6) is -1.29. The van der Waals surface area contributed by atoms with Crippen LogP contribution in [0.3, 0.4) is 0 Å². The van der Waals surface area contributed by atoms with Gasteiger partial charge < -0.3 is 4.74 Å². The molecule has 1 fully saturated rings. The number of carbonyl (C=O) groups excluding carboxylic acids is 3. The first kappa shape index (κ1) is 24.3.